The second-order valence-electron chi connectivity index (χ2n) is 15.1. The molecule has 0 aliphatic rings. The Balaban J connectivity index is 0.000000212. The zero-order valence-electron chi connectivity index (χ0n) is 36.7. The summed E-state index contributed by atoms with van der Waals surface area (Å²) in [6.45, 7) is 9.13. The van der Waals surface area contributed by atoms with E-state index in [-0.39, 0.29) is 22.3 Å². The largest absolute Gasteiger partial charge is 0.298 e. The number of ketones is 2. The zero-order valence-corrected chi connectivity index (χ0v) is 40.0. The molecule has 0 amide bonds. The lowest BCUT2D eigenvalue weighted by Gasteiger charge is -2.18. The number of carbonyl (C=O) groups is 3. The van der Waals surface area contributed by atoms with E-state index in [0.29, 0.717) is 39.1 Å². The van der Waals surface area contributed by atoms with Gasteiger partial charge in [0.05, 0.1) is 5.57 Å². The first kappa shape index (κ1) is 50.7. The number of thioether (sulfide) groups is 1. The van der Waals surface area contributed by atoms with Gasteiger partial charge in [-0.25, -0.2) is 0 Å². The van der Waals surface area contributed by atoms with Gasteiger partial charge in [0, 0.05) is 51.4 Å². The molecule has 4 nitrogen and oxygen atoms in total. The Kier molecular flexibility index (Phi) is 21.0. The standard InChI is InChI=1S/C26H24ClNO.C25H19ClO2S.C7H8S/c1-20(18-28(2)19-22-9-5-3-6-10-22)26(29)25(23-11-7-4-8-12-23)17-21-13-15-24(27)16-14-21;1-18(25(28)29-17-20-8-4-2-5-9-20)24(27)23(21-10-6-3-7-11-21)16-19-12-14-22(26)15-13-19;8-6-7-4-2-1-3-5-7/h3-17H,1,18-19H2,2H3;2-16H,1,17H2;1-5,8H,6H2/b25-17+;23-16+;. The van der Waals surface area contributed by atoms with Gasteiger partial charge in [-0.05, 0) is 82.4 Å². The molecule has 0 N–H and O–H groups in total. The molecule has 0 saturated carbocycles. The molecule has 332 valence electrons. The summed E-state index contributed by atoms with van der Waals surface area (Å²) >= 11 is 17.1. The van der Waals surface area contributed by atoms with Crippen molar-refractivity contribution in [1.82, 2.24) is 4.90 Å². The maximum atomic E-state index is 13.3. The van der Waals surface area contributed by atoms with E-state index in [1.165, 1.54) is 11.1 Å². The number of hydrogen-bond acceptors (Lipinski definition) is 6. The van der Waals surface area contributed by atoms with Crippen molar-refractivity contribution in [3.63, 3.8) is 0 Å². The van der Waals surface area contributed by atoms with Crippen molar-refractivity contribution in [3.8, 4) is 0 Å². The monoisotopic (exact) mass is 943 g/mol. The minimum atomic E-state index is -0.378. The molecule has 0 saturated heterocycles. The Morgan fingerprint density at radius 3 is 1.32 bits per heavy atom. The van der Waals surface area contributed by atoms with Gasteiger partial charge in [-0.3, -0.25) is 19.3 Å². The highest BCUT2D eigenvalue weighted by atomic mass is 35.5. The van der Waals surface area contributed by atoms with Gasteiger partial charge in [0.2, 0.25) is 5.12 Å². The number of hydrogen-bond donors (Lipinski definition) is 1. The van der Waals surface area contributed by atoms with Crippen molar-refractivity contribution in [1.29, 1.82) is 0 Å². The van der Waals surface area contributed by atoms with Crippen LogP contribution in [-0.2, 0) is 32.4 Å². The predicted molar refractivity (Wildman–Crippen MR) is 284 cm³/mol. The Morgan fingerprint density at radius 1 is 0.530 bits per heavy atom. The van der Waals surface area contributed by atoms with Gasteiger partial charge < -0.3 is 0 Å². The van der Waals surface area contributed by atoms with Crippen LogP contribution in [0.5, 0.6) is 0 Å². The lowest BCUT2D eigenvalue weighted by Crippen LogP contribution is -2.23. The molecule has 0 bridgehead atoms. The molecule has 66 heavy (non-hydrogen) atoms. The quantitative estimate of drug-likeness (QED) is 0.0344. The fraction of sp³-hybridized carbons (Fsp3) is 0.0862. The summed E-state index contributed by atoms with van der Waals surface area (Å²) in [5, 5.41) is 0.963. The highest BCUT2D eigenvalue weighted by Crippen LogP contribution is 2.27. The molecule has 0 unspecified atom stereocenters. The third-order valence-electron chi connectivity index (χ3n) is 9.86. The molecule has 7 aromatic carbocycles. The number of halogens is 2. The fourth-order valence-electron chi connectivity index (χ4n) is 6.43. The van der Waals surface area contributed by atoms with Crippen LogP contribution in [0.25, 0.3) is 23.3 Å². The van der Waals surface area contributed by atoms with Crippen LogP contribution in [0.4, 0.5) is 0 Å². The van der Waals surface area contributed by atoms with Gasteiger partial charge in [-0.2, -0.15) is 12.6 Å². The first-order valence-corrected chi connectivity index (χ1v) is 23.5. The van der Waals surface area contributed by atoms with Crippen LogP contribution in [0.3, 0.4) is 0 Å². The number of benzene rings is 7. The Labute approximate surface area is 409 Å². The van der Waals surface area contributed by atoms with E-state index in [1.807, 2.05) is 177 Å². The highest BCUT2D eigenvalue weighted by molar-refractivity contribution is 8.13. The second kappa shape index (κ2) is 27.3. The van der Waals surface area contributed by atoms with Gasteiger partial charge in [0.25, 0.3) is 0 Å². The van der Waals surface area contributed by atoms with E-state index in [2.05, 4.69) is 55.0 Å². The van der Waals surface area contributed by atoms with E-state index < -0.39 is 0 Å². The van der Waals surface area contributed by atoms with Crippen molar-refractivity contribution in [2.75, 3.05) is 13.6 Å². The van der Waals surface area contributed by atoms with Crippen molar-refractivity contribution in [2.45, 2.75) is 18.1 Å². The molecule has 0 fully saturated rings. The van der Waals surface area contributed by atoms with Gasteiger partial charge in [-0.1, -0.05) is 224 Å². The van der Waals surface area contributed by atoms with Crippen LogP contribution in [-0.4, -0.2) is 35.2 Å². The summed E-state index contributed by atoms with van der Waals surface area (Å²) in [6.07, 6.45) is 3.66. The molecule has 0 heterocycles. The number of Topliss-reactive ketones (excluding diaryl/α,β-unsaturated/α-hetero) is 2. The summed E-state index contributed by atoms with van der Waals surface area (Å²) in [5.74, 6) is 0.900. The average molecular weight is 945 g/mol. The Bertz CT molecular complexity index is 2710. The van der Waals surface area contributed by atoms with Gasteiger partial charge in [0.1, 0.15) is 0 Å². The van der Waals surface area contributed by atoms with Crippen LogP contribution < -0.4 is 0 Å². The SMILES string of the molecule is C=C(C(=O)SCc1ccccc1)C(=O)/C(=C/c1ccc(Cl)cc1)c1ccccc1.C=C(CN(C)Cc1ccccc1)C(=O)/C(=C/c1ccc(Cl)cc1)c1ccccc1.SCc1ccccc1. The first-order valence-electron chi connectivity index (χ1n) is 21.1. The predicted octanol–water partition coefficient (Wildman–Crippen LogP) is 14.7. The van der Waals surface area contributed by atoms with Crippen molar-refractivity contribution < 1.29 is 14.4 Å². The Hall–Kier alpha value is -6.25. The van der Waals surface area contributed by atoms with Crippen molar-refractivity contribution >= 4 is 87.6 Å². The van der Waals surface area contributed by atoms with E-state index in [9.17, 15) is 14.4 Å². The minimum absolute atomic E-state index is 0.0324. The maximum absolute atomic E-state index is 13.3. The molecule has 7 aromatic rings. The highest BCUT2D eigenvalue weighted by Gasteiger charge is 2.22. The first-order chi connectivity index (χ1) is 32.0. The molecule has 0 radical (unpaired) electrons. The normalized spacial score (nSPS) is 11.0. The third kappa shape index (κ3) is 17.0. The van der Waals surface area contributed by atoms with Crippen LogP contribution in [0.15, 0.2) is 224 Å². The number of allylic oxidation sites excluding steroid dienone is 2. The summed E-state index contributed by atoms with van der Waals surface area (Å²) in [5.41, 5.74) is 8.43. The number of likely N-dealkylation sites (N-methyl/N-ethyl adjacent to an activating group) is 1. The van der Waals surface area contributed by atoms with Crippen LogP contribution >= 0.6 is 47.6 Å². The zero-order chi connectivity index (χ0) is 47.1. The molecule has 0 aliphatic carbocycles. The van der Waals surface area contributed by atoms with E-state index in [0.717, 1.165) is 51.9 Å². The number of nitrogens with zero attached hydrogens (tertiary/aromatic N) is 1. The molecule has 0 aromatic heterocycles. The number of rotatable bonds is 16. The van der Waals surface area contributed by atoms with Crippen LogP contribution in [0.2, 0.25) is 10.0 Å². The fourth-order valence-corrected chi connectivity index (χ4v) is 7.65. The van der Waals surface area contributed by atoms with Crippen LogP contribution in [0.1, 0.15) is 38.9 Å². The molecular formula is C58H51Cl2NO3S2. The number of thiol groups is 1. The third-order valence-corrected chi connectivity index (χ3v) is 11.7. The van der Waals surface area contributed by atoms with E-state index in [4.69, 9.17) is 23.2 Å². The van der Waals surface area contributed by atoms with Crippen molar-refractivity contribution in [2.24, 2.45) is 0 Å². The molecule has 8 heteroatoms. The lowest BCUT2D eigenvalue weighted by molar-refractivity contribution is -0.114. The molecular weight excluding hydrogens is 894 g/mol. The van der Waals surface area contributed by atoms with Crippen molar-refractivity contribution in [3.05, 3.63) is 273 Å². The molecule has 0 spiro atoms. The summed E-state index contributed by atoms with van der Waals surface area (Å²) < 4.78 is 0. The summed E-state index contributed by atoms with van der Waals surface area (Å²) in [7, 11) is 2.00. The average Bonchev–Trinajstić information content (AvgIpc) is 3.36. The number of carbonyl (C=O) groups excluding carboxylic acids is 3. The summed E-state index contributed by atoms with van der Waals surface area (Å²) in [6, 6.07) is 63.6. The molecule has 0 atom stereocenters. The maximum Gasteiger partial charge on any atom is 0.223 e. The topological polar surface area (TPSA) is 54.5 Å². The van der Waals surface area contributed by atoms with E-state index in [1.54, 1.807) is 18.2 Å². The molecule has 7 rings (SSSR count). The van der Waals surface area contributed by atoms with E-state index >= 15 is 0 Å². The van der Waals surface area contributed by atoms with Gasteiger partial charge >= 0.3 is 0 Å². The van der Waals surface area contributed by atoms with Gasteiger partial charge in [-0.15, -0.1) is 0 Å². The minimum Gasteiger partial charge on any atom is -0.298 e. The van der Waals surface area contributed by atoms with Crippen LogP contribution in [0, 0.1) is 0 Å². The van der Waals surface area contributed by atoms with Gasteiger partial charge in [0.15, 0.2) is 11.6 Å². The molecule has 0 aliphatic heterocycles. The smallest absolute Gasteiger partial charge is 0.223 e. The summed E-state index contributed by atoms with van der Waals surface area (Å²) in [4.78, 5) is 41.1. The lowest BCUT2D eigenvalue weighted by atomic mass is 9.95. The Morgan fingerprint density at radius 2 is 0.909 bits per heavy atom. The second-order valence-corrected chi connectivity index (χ2v) is 17.2.